The summed E-state index contributed by atoms with van der Waals surface area (Å²) in [6, 6.07) is 2.24. The van der Waals surface area contributed by atoms with Crippen LogP contribution >= 0.6 is 0 Å². The molecule has 3 heterocycles. The molecule has 2 aliphatic heterocycles. The summed E-state index contributed by atoms with van der Waals surface area (Å²) in [6.45, 7) is 0. The average molecular weight is 274 g/mol. The zero-order chi connectivity index (χ0) is 13.4. The van der Waals surface area contributed by atoms with E-state index in [1.54, 1.807) is 0 Å². The van der Waals surface area contributed by atoms with Crippen LogP contribution in [-0.2, 0) is 6.42 Å². The molecule has 1 N–H and O–H groups in total. The maximum absolute atomic E-state index is 4.45. The van der Waals surface area contributed by atoms with E-state index < -0.39 is 0 Å². The van der Waals surface area contributed by atoms with Gasteiger partial charge in [0.2, 0.25) is 0 Å². The van der Waals surface area contributed by atoms with Crippen LogP contribution in [0, 0.1) is 5.92 Å². The summed E-state index contributed by atoms with van der Waals surface area (Å²) in [4.78, 5) is 0. The van der Waals surface area contributed by atoms with Gasteiger partial charge in [-0.05, 0) is 44.4 Å². The van der Waals surface area contributed by atoms with Gasteiger partial charge < -0.3 is 9.88 Å². The van der Waals surface area contributed by atoms with Crippen molar-refractivity contribution in [3.8, 4) is 0 Å². The molecular formula is C16H26N4. The van der Waals surface area contributed by atoms with Crippen molar-refractivity contribution in [1.29, 1.82) is 0 Å². The quantitative estimate of drug-likeness (QED) is 0.921. The second kappa shape index (κ2) is 5.47. The molecule has 0 amide bonds. The first-order valence-corrected chi connectivity index (χ1v) is 8.53. The van der Waals surface area contributed by atoms with Gasteiger partial charge in [-0.25, -0.2) is 0 Å². The van der Waals surface area contributed by atoms with Gasteiger partial charge in [0.1, 0.15) is 12.2 Å². The molecule has 2 bridgehead atoms. The van der Waals surface area contributed by atoms with Crippen molar-refractivity contribution >= 4 is 0 Å². The largest absolute Gasteiger partial charge is 0.314 e. The van der Waals surface area contributed by atoms with E-state index in [1.165, 1.54) is 63.6 Å². The second-order valence-electron chi connectivity index (χ2n) is 7.13. The Hall–Kier alpha value is -0.900. The van der Waals surface area contributed by atoms with Gasteiger partial charge in [-0.3, -0.25) is 0 Å². The average Bonchev–Trinajstić information content (AvgIpc) is 3.07. The summed E-state index contributed by atoms with van der Waals surface area (Å²) in [7, 11) is 0. The lowest BCUT2D eigenvalue weighted by Crippen LogP contribution is -2.38. The molecule has 1 aromatic rings. The number of nitrogens with zero attached hydrogens (tertiary/aromatic N) is 3. The first-order valence-electron chi connectivity index (χ1n) is 8.53. The van der Waals surface area contributed by atoms with Crippen LogP contribution in [0.25, 0.3) is 0 Å². The molecule has 0 aromatic carbocycles. The predicted molar refractivity (Wildman–Crippen MR) is 78.5 cm³/mol. The first kappa shape index (κ1) is 12.8. The Balaban J connectivity index is 1.45. The number of nitrogens with one attached hydrogen (secondary N) is 1. The number of piperidine rings is 1. The fraction of sp³-hybridized carbons (Fsp3) is 0.875. The zero-order valence-corrected chi connectivity index (χ0v) is 12.3. The molecule has 2 unspecified atom stereocenters. The van der Waals surface area contributed by atoms with Gasteiger partial charge in [-0.1, -0.05) is 19.3 Å². The Labute approximate surface area is 121 Å². The molecule has 3 aliphatic rings. The minimum absolute atomic E-state index is 0.673. The monoisotopic (exact) mass is 274 g/mol. The van der Waals surface area contributed by atoms with Crippen LogP contribution in [0.15, 0.2) is 6.33 Å². The molecule has 0 radical (unpaired) electrons. The fourth-order valence-corrected chi connectivity index (χ4v) is 4.68. The third-order valence-electron chi connectivity index (χ3n) is 5.66. The van der Waals surface area contributed by atoms with Gasteiger partial charge >= 0.3 is 0 Å². The first-order chi connectivity index (χ1) is 9.88. The van der Waals surface area contributed by atoms with E-state index in [4.69, 9.17) is 0 Å². The van der Waals surface area contributed by atoms with E-state index in [1.807, 2.05) is 6.33 Å². The van der Waals surface area contributed by atoms with Crippen LogP contribution in [0.3, 0.4) is 0 Å². The van der Waals surface area contributed by atoms with Gasteiger partial charge in [0, 0.05) is 24.5 Å². The van der Waals surface area contributed by atoms with E-state index >= 15 is 0 Å². The fourth-order valence-electron chi connectivity index (χ4n) is 4.68. The van der Waals surface area contributed by atoms with Crippen molar-refractivity contribution in [2.24, 2.45) is 5.92 Å². The number of rotatable bonds is 3. The maximum Gasteiger partial charge on any atom is 0.133 e. The Morgan fingerprint density at radius 1 is 1.05 bits per heavy atom. The standard InChI is InChI=1S/C16H26N4/c1-2-4-15(5-3-1)20-11-17-19-16(20)10-12-8-13-6-7-14(9-12)18-13/h11-15,18H,1-10H2. The number of fused-ring (bicyclic) bond motifs is 2. The van der Waals surface area contributed by atoms with E-state index in [2.05, 4.69) is 20.1 Å². The van der Waals surface area contributed by atoms with Crippen molar-refractivity contribution in [2.45, 2.75) is 82.3 Å². The summed E-state index contributed by atoms with van der Waals surface area (Å²) < 4.78 is 2.41. The topological polar surface area (TPSA) is 42.7 Å². The Morgan fingerprint density at radius 3 is 2.55 bits per heavy atom. The van der Waals surface area contributed by atoms with Gasteiger partial charge in [-0.15, -0.1) is 10.2 Å². The Kier molecular flexibility index (Phi) is 3.51. The molecule has 1 aliphatic carbocycles. The normalized spacial score (nSPS) is 34.5. The van der Waals surface area contributed by atoms with Crippen LogP contribution < -0.4 is 5.32 Å². The third kappa shape index (κ3) is 2.50. The van der Waals surface area contributed by atoms with Crippen molar-refractivity contribution in [3.63, 3.8) is 0 Å². The van der Waals surface area contributed by atoms with E-state index in [9.17, 15) is 0 Å². The number of hydrogen-bond donors (Lipinski definition) is 1. The third-order valence-corrected chi connectivity index (χ3v) is 5.66. The molecule has 3 fully saturated rings. The summed E-state index contributed by atoms with van der Waals surface area (Å²) >= 11 is 0. The second-order valence-corrected chi connectivity index (χ2v) is 7.13. The molecule has 4 rings (SSSR count). The number of hydrogen-bond acceptors (Lipinski definition) is 3. The smallest absolute Gasteiger partial charge is 0.133 e. The minimum Gasteiger partial charge on any atom is -0.314 e. The van der Waals surface area contributed by atoms with Gasteiger partial charge in [0.25, 0.3) is 0 Å². The maximum atomic E-state index is 4.45. The SMILES string of the molecule is c1nnc(CC2CC3CCC(C2)N3)n1C1CCCCC1. The highest BCUT2D eigenvalue weighted by molar-refractivity contribution is 4.98. The van der Waals surface area contributed by atoms with E-state index in [0.717, 1.165) is 24.4 Å². The molecule has 2 atom stereocenters. The number of aromatic nitrogens is 3. The summed E-state index contributed by atoms with van der Waals surface area (Å²) in [6.07, 6.45) is 15.4. The zero-order valence-electron chi connectivity index (χ0n) is 12.3. The van der Waals surface area contributed by atoms with Gasteiger partial charge in [0.05, 0.1) is 0 Å². The highest BCUT2D eigenvalue weighted by Crippen LogP contribution is 2.34. The summed E-state index contributed by atoms with van der Waals surface area (Å²) in [5.41, 5.74) is 0. The molecule has 110 valence electrons. The van der Waals surface area contributed by atoms with Crippen LogP contribution in [-0.4, -0.2) is 26.8 Å². The highest BCUT2D eigenvalue weighted by Gasteiger charge is 2.34. The highest BCUT2D eigenvalue weighted by atomic mass is 15.3. The molecule has 1 aromatic heterocycles. The van der Waals surface area contributed by atoms with Crippen LogP contribution in [0.1, 0.15) is 69.7 Å². The van der Waals surface area contributed by atoms with Crippen LogP contribution in [0.4, 0.5) is 0 Å². The lowest BCUT2D eigenvalue weighted by molar-refractivity contribution is 0.284. The van der Waals surface area contributed by atoms with Crippen molar-refractivity contribution < 1.29 is 0 Å². The van der Waals surface area contributed by atoms with Crippen LogP contribution in [0.2, 0.25) is 0 Å². The molecule has 1 saturated carbocycles. The van der Waals surface area contributed by atoms with Crippen molar-refractivity contribution in [3.05, 3.63) is 12.2 Å². The lowest BCUT2D eigenvalue weighted by Gasteiger charge is -2.30. The van der Waals surface area contributed by atoms with Gasteiger partial charge in [-0.2, -0.15) is 0 Å². The Bertz CT molecular complexity index is 437. The summed E-state index contributed by atoms with van der Waals surface area (Å²) in [5.74, 6) is 2.07. The van der Waals surface area contributed by atoms with Crippen molar-refractivity contribution in [1.82, 2.24) is 20.1 Å². The van der Waals surface area contributed by atoms with E-state index in [-0.39, 0.29) is 0 Å². The molecule has 4 nitrogen and oxygen atoms in total. The Morgan fingerprint density at radius 2 is 1.80 bits per heavy atom. The molecule has 20 heavy (non-hydrogen) atoms. The van der Waals surface area contributed by atoms with Gasteiger partial charge in [0.15, 0.2) is 0 Å². The van der Waals surface area contributed by atoms with Crippen molar-refractivity contribution in [2.75, 3.05) is 0 Å². The lowest BCUT2D eigenvalue weighted by atomic mass is 9.89. The molecule has 2 saturated heterocycles. The molecule has 0 spiro atoms. The summed E-state index contributed by atoms with van der Waals surface area (Å²) in [5, 5.41) is 12.4. The molecular weight excluding hydrogens is 248 g/mol. The van der Waals surface area contributed by atoms with Crippen LogP contribution in [0.5, 0.6) is 0 Å². The molecule has 4 heteroatoms. The van der Waals surface area contributed by atoms with E-state index in [0.29, 0.717) is 6.04 Å². The minimum atomic E-state index is 0.673. The predicted octanol–water partition coefficient (Wildman–Crippen LogP) is 2.86.